The largest absolute Gasteiger partial charge is 0.459 e. The van der Waals surface area contributed by atoms with E-state index in [9.17, 15) is 13.2 Å². The summed E-state index contributed by atoms with van der Waals surface area (Å²) < 4.78 is 30.0. The first-order valence-corrected chi connectivity index (χ1v) is 12.0. The lowest BCUT2D eigenvalue weighted by Crippen LogP contribution is -2.40. The number of nitrogens with zero attached hydrogens (tertiary/aromatic N) is 1. The molecular formula is C22H19Cl2NO4S. The van der Waals surface area contributed by atoms with Gasteiger partial charge in [-0.1, -0.05) is 35.3 Å². The van der Waals surface area contributed by atoms with Crippen molar-refractivity contribution in [1.82, 2.24) is 4.90 Å². The van der Waals surface area contributed by atoms with E-state index >= 15 is 0 Å². The van der Waals surface area contributed by atoms with Gasteiger partial charge in [0.2, 0.25) is 0 Å². The van der Waals surface area contributed by atoms with E-state index in [1.165, 1.54) is 0 Å². The van der Waals surface area contributed by atoms with Crippen molar-refractivity contribution in [2.45, 2.75) is 19.0 Å². The van der Waals surface area contributed by atoms with Gasteiger partial charge in [-0.2, -0.15) is 0 Å². The van der Waals surface area contributed by atoms with Crippen LogP contribution in [0.5, 0.6) is 0 Å². The summed E-state index contributed by atoms with van der Waals surface area (Å²) in [4.78, 5) is 14.8. The van der Waals surface area contributed by atoms with Crippen molar-refractivity contribution in [3.05, 3.63) is 82.0 Å². The van der Waals surface area contributed by atoms with Gasteiger partial charge in [0.05, 0.1) is 18.1 Å². The molecule has 0 bridgehead atoms. The predicted octanol–water partition coefficient (Wildman–Crippen LogP) is 5.08. The summed E-state index contributed by atoms with van der Waals surface area (Å²) in [5, 5.41) is 1.12. The molecule has 2 heterocycles. The van der Waals surface area contributed by atoms with Crippen molar-refractivity contribution in [3.8, 4) is 11.3 Å². The summed E-state index contributed by atoms with van der Waals surface area (Å²) in [5.41, 5.74) is 1.28. The molecule has 1 aliphatic heterocycles. The third-order valence-electron chi connectivity index (χ3n) is 5.10. The van der Waals surface area contributed by atoms with Crippen LogP contribution in [0.1, 0.15) is 22.5 Å². The Balaban J connectivity index is 1.62. The topological polar surface area (TPSA) is 67.6 Å². The van der Waals surface area contributed by atoms with Crippen LogP contribution in [0.4, 0.5) is 0 Å². The Morgan fingerprint density at radius 1 is 1.03 bits per heavy atom. The van der Waals surface area contributed by atoms with Gasteiger partial charge in [0.25, 0.3) is 5.91 Å². The van der Waals surface area contributed by atoms with Crippen molar-refractivity contribution in [1.29, 1.82) is 0 Å². The number of amides is 1. The number of benzene rings is 2. The quantitative estimate of drug-likeness (QED) is 0.528. The fourth-order valence-electron chi connectivity index (χ4n) is 3.57. The van der Waals surface area contributed by atoms with Crippen LogP contribution in [-0.2, 0) is 16.4 Å². The normalized spacial score (nSPS) is 17.7. The molecule has 2 aromatic carbocycles. The summed E-state index contributed by atoms with van der Waals surface area (Å²) in [7, 11) is -3.16. The average molecular weight is 464 g/mol. The summed E-state index contributed by atoms with van der Waals surface area (Å²) in [5.74, 6) is 0.971. The van der Waals surface area contributed by atoms with Crippen molar-refractivity contribution in [3.63, 3.8) is 0 Å². The second kappa shape index (κ2) is 8.46. The Labute approximate surface area is 185 Å². The van der Waals surface area contributed by atoms with Crippen LogP contribution >= 0.6 is 23.2 Å². The van der Waals surface area contributed by atoms with Crippen molar-refractivity contribution >= 4 is 38.9 Å². The Kier molecular flexibility index (Phi) is 5.91. The van der Waals surface area contributed by atoms with Crippen LogP contribution in [0.3, 0.4) is 0 Å². The Morgan fingerprint density at radius 3 is 2.47 bits per heavy atom. The number of halogens is 2. The molecule has 0 unspecified atom stereocenters. The molecule has 8 heteroatoms. The highest BCUT2D eigenvalue weighted by Gasteiger charge is 2.35. The van der Waals surface area contributed by atoms with Crippen LogP contribution in [0.25, 0.3) is 11.3 Å². The lowest BCUT2D eigenvalue weighted by molar-refractivity contribution is 0.0666. The minimum absolute atomic E-state index is 0.0474. The number of carbonyl (C=O) groups excluding carboxylic acids is 1. The first-order valence-electron chi connectivity index (χ1n) is 9.42. The highest BCUT2D eigenvalue weighted by molar-refractivity contribution is 7.91. The molecule has 30 heavy (non-hydrogen) atoms. The van der Waals surface area contributed by atoms with Gasteiger partial charge in [-0.25, -0.2) is 8.42 Å². The Bertz CT molecular complexity index is 1170. The molecule has 1 amide bonds. The summed E-state index contributed by atoms with van der Waals surface area (Å²) in [6.07, 6.45) is 0.406. The van der Waals surface area contributed by atoms with Gasteiger partial charge in [-0.05, 0) is 55.0 Å². The maximum Gasteiger partial charge on any atom is 0.254 e. The number of hydrogen-bond acceptors (Lipinski definition) is 4. The van der Waals surface area contributed by atoms with Crippen LogP contribution in [0.15, 0.2) is 65.1 Å². The number of sulfone groups is 1. The van der Waals surface area contributed by atoms with E-state index in [0.29, 0.717) is 33.6 Å². The fourth-order valence-corrected chi connectivity index (χ4v) is 5.62. The zero-order valence-corrected chi connectivity index (χ0v) is 18.3. The Morgan fingerprint density at radius 2 is 1.80 bits per heavy atom. The van der Waals surface area contributed by atoms with Crippen molar-refractivity contribution < 1.29 is 17.6 Å². The van der Waals surface area contributed by atoms with Crippen molar-refractivity contribution in [2.24, 2.45) is 0 Å². The molecular weight excluding hydrogens is 445 g/mol. The molecule has 5 nitrogen and oxygen atoms in total. The van der Waals surface area contributed by atoms with Gasteiger partial charge in [0.15, 0.2) is 9.84 Å². The third-order valence-corrected chi connectivity index (χ3v) is 7.34. The van der Waals surface area contributed by atoms with E-state index in [4.69, 9.17) is 27.6 Å². The molecule has 1 aliphatic rings. The lowest BCUT2D eigenvalue weighted by atomic mass is 10.1. The van der Waals surface area contributed by atoms with Gasteiger partial charge < -0.3 is 9.32 Å². The number of furan rings is 1. The monoisotopic (exact) mass is 463 g/mol. The summed E-state index contributed by atoms with van der Waals surface area (Å²) in [6, 6.07) is 17.1. The lowest BCUT2D eigenvalue weighted by Gasteiger charge is -2.27. The van der Waals surface area contributed by atoms with Crippen molar-refractivity contribution in [2.75, 3.05) is 11.5 Å². The first-order chi connectivity index (χ1) is 14.3. The summed E-state index contributed by atoms with van der Waals surface area (Å²) >= 11 is 12.0. The SMILES string of the molecule is O=C(c1ccc(Cl)cc1)N(Cc1ccc(-c2cccc(Cl)c2)o1)[C@@H]1CCS(=O)(=O)C1. The predicted molar refractivity (Wildman–Crippen MR) is 118 cm³/mol. The number of carbonyl (C=O) groups is 1. The van der Waals surface area contributed by atoms with Crippen LogP contribution in [-0.4, -0.2) is 36.8 Å². The minimum Gasteiger partial charge on any atom is -0.459 e. The summed E-state index contributed by atoms with van der Waals surface area (Å²) in [6.45, 7) is 0.169. The second-order valence-electron chi connectivity index (χ2n) is 7.27. The maximum absolute atomic E-state index is 13.2. The highest BCUT2D eigenvalue weighted by Crippen LogP contribution is 2.28. The molecule has 0 saturated carbocycles. The molecule has 0 N–H and O–H groups in total. The Hall–Kier alpha value is -2.28. The zero-order chi connectivity index (χ0) is 21.3. The molecule has 1 saturated heterocycles. The van der Waals surface area contributed by atoms with Gasteiger partial charge in [-0.3, -0.25) is 4.79 Å². The highest BCUT2D eigenvalue weighted by atomic mass is 35.5. The fraction of sp³-hybridized carbons (Fsp3) is 0.227. The van der Waals surface area contributed by atoms with E-state index in [-0.39, 0.29) is 24.0 Å². The van der Waals surface area contributed by atoms with E-state index < -0.39 is 15.9 Å². The second-order valence-corrected chi connectivity index (χ2v) is 10.4. The van der Waals surface area contributed by atoms with E-state index in [0.717, 1.165) is 5.56 Å². The number of rotatable bonds is 5. The standard InChI is InChI=1S/C22H19Cl2NO4S/c23-17-6-4-15(5-7-17)22(26)25(19-10-11-30(27,28)14-19)13-20-8-9-21(29-20)16-2-1-3-18(24)12-16/h1-9,12,19H,10-11,13-14H2/t19-/m1/s1. The molecule has 1 fully saturated rings. The van der Waals surface area contributed by atoms with Crippen LogP contribution in [0, 0.1) is 0 Å². The minimum atomic E-state index is -3.16. The molecule has 0 spiro atoms. The molecule has 3 aromatic rings. The first kappa shape index (κ1) is 21.0. The van der Waals surface area contributed by atoms with Gasteiger partial charge in [0.1, 0.15) is 11.5 Å². The molecule has 156 valence electrons. The molecule has 0 aliphatic carbocycles. The van der Waals surface area contributed by atoms with Gasteiger partial charge in [0, 0.05) is 27.2 Å². The number of hydrogen-bond donors (Lipinski definition) is 0. The zero-order valence-electron chi connectivity index (χ0n) is 15.9. The van der Waals surface area contributed by atoms with Gasteiger partial charge >= 0.3 is 0 Å². The third kappa shape index (κ3) is 4.72. The smallest absolute Gasteiger partial charge is 0.254 e. The van der Waals surface area contributed by atoms with E-state index in [1.807, 2.05) is 18.2 Å². The van der Waals surface area contributed by atoms with E-state index in [2.05, 4.69) is 0 Å². The maximum atomic E-state index is 13.2. The molecule has 1 aromatic heterocycles. The molecule has 0 radical (unpaired) electrons. The van der Waals surface area contributed by atoms with Gasteiger partial charge in [-0.15, -0.1) is 0 Å². The average Bonchev–Trinajstić information content (AvgIpc) is 3.32. The molecule has 4 rings (SSSR count). The van der Waals surface area contributed by atoms with E-state index in [1.54, 1.807) is 47.4 Å². The van der Waals surface area contributed by atoms with Crippen LogP contribution < -0.4 is 0 Å². The molecule has 1 atom stereocenters. The van der Waals surface area contributed by atoms with Crippen LogP contribution in [0.2, 0.25) is 10.0 Å².